The van der Waals surface area contributed by atoms with Crippen molar-refractivity contribution in [1.29, 1.82) is 0 Å². The number of likely N-dealkylation sites (tertiary alicyclic amines) is 1. The van der Waals surface area contributed by atoms with Gasteiger partial charge < -0.3 is 10.8 Å². The highest BCUT2D eigenvalue weighted by Crippen LogP contribution is 2.28. The van der Waals surface area contributed by atoms with E-state index < -0.39 is 5.60 Å². The molecule has 0 aliphatic carbocycles. The lowest BCUT2D eigenvalue weighted by Gasteiger charge is -2.40. The van der Waals surface area contributed by atoms with Gasteiger partial charge in [0.05, 0.1) is 5.60 Å². The van der Waals surface area contributed by atoms with Crippen LogP contribution in [0.3, 0.4) is 0 Å². The molecule has 18 heavy (non-hydrogen) atoms. The summed E-state index contributed by atoms with van der Waals surface area (Å²) in [5.74, 6) is -0.226. The molecule has 2 rings (SSSR count). The van der Waals surface area contributed by atoms with Gasteiger partial charge in [-0.1, -0.05) is 12.1 Å². The van der Waals surface area contributed by atoms with Gasteiger partial charge in [0.15, 0.2) is 0 Å². The Morgan fingerprint density at radius 3 is 2.39 bits per heavy atom. The topological polar surface area (TPSA) is 49.5 Å². The number of halogens is 1. The van der Waals surface area contributed by atoms with Crippen LogP contribution in [0.4, 0.5) is 4.39 Å². The molecule has 0 radical (unpaired) electrons. The van der Waals surface area contributed by atoms with Crippen LogP contribution in [0.15, 0.2) is 24.3 Å². The highest BCUT2D eigenvalue weighted by molar-refractivity contribution is 5.20. The van der Waals surface area contributed by atoms with Crippen LogP contribution >= 0.6 is 0 Å². The van der Waals surface area contributed by atoms with Gasteiger partial charge in [-0.15, -0.1) is 0 Å². The SMILES string of the molecule is CC1(O)CCN(C(CN)c2ccc(F)cc2)CC1. The van der Waals surface area contributed by atoms with E-state index >= 15 is 0 Å². The van der Waals surface area contributed by atoms with Crippen LogP contribution in [0, 0.1) is 5.82 Å². The summed E-state index contributed by atoms with van der Waals surface area (Å²) in [6, 6.07) is 6.64. The average molecular weight is 252 g/mol. The second-order valence-electron chi connectivity index (χ2n) is 5.34. The number of nitrogens with two attached hydrogens (primary N) is 1. The molecule has 1 aromatic carbocycles. The van der Waals surface area contributed by atoms with Gasteiger partial charge in [0.2, 0.25) is 0 Å². The van der Waals surface area contributed by atoms with Crippen molar-refractivity contribution < 1.29 is 9.50 Å². The maximum atomic E-state index is 12.9. The predicted octanol–water partition coefficient (Wildman–Crippen LogP) is 1.67. The smallest absolute Gasteiger partial charge is 0.123 e. The third-order valence-electron chi connectivity index (χ3n) is 3.79. The summed E-state index contributed by atoms with van der Waals surface area (Å²) >= 11 is 0. The van der Waals surface area contributed by atoms with Gasteiger partial charge in [-0.3, -0.25) is 4.90 Å². The Morgan fingerprint density at radius 2 is 1.89 bits per heavy atom. The molecule has 0 bridgehead atoms. The Balaban J connectivity index is 2.08. The zero-order chi connectivity index (χ0) is 13.2. The molecule has 1 aromatic rings. The van der Waals surface area contributed by atoms with E-state index in [2.05, 4.69) is 4.90 Å². The molecular weight excluding hydrogens is 231 g/mol. The van der Waals surface area contributed by atoms with Crippen LogP contribution in [0.5, 0.6) is 0 Å². The first-order valence-corrected chi connectivity index (χ1v) is 6.44. The van der Waals surface area contributed by atoms with E-state index in [9.17, 15) is 9.50 Å². The second kappa shape index (κ2) is 5.34. The third-order valence-corrected chi connectivity index (χ3v) is 3.79. The molecule has 1 heterocycles. The minimum Gasteiger partial charge on any atom is -0.390 e. The van der Waals surface area contributed by atoms with Crippen LogP contribution in [-0.4, -0.2) is 35.2 Å². The first-order chi connectivity index (χ1) is 8.52. The minimum atomic E-state index is -0.557. The van der Waals surface area contributed by atoms with Crippen molar-refractivity contribution in [1.82, 2.24) is 4.90 Å². The van der Waals surface area contributed by atoms with Crippen molar-refractivity contribution in [2.24, 2.45) is 5.73 Å². The van der Waals surface area contributed by atoms with E-state index in [1.165, 1.54) is 12.1 Å². The number of aliphatic hydroxyl groups is 1. The summed E-state index contributed by atoms with van der Waals surface area (Å²) in [5, 5.41) is 9.95. The maximum absolute atomic E-state index is 12.9. The van der Waals surface area contributed by atoms with Crippen LogP contribution in [0.2, 0.25) is 0 Å². The Bertz CT molecular complexity index is 381. The number of nitrogens with zero attached hydrogens (tertiary/aromatic N) is 1. The number of rotatable bonds is 3. The van der Waals surface area contributed by atoms with Crippen molar-refractivity contribution in [3.8, 4) is 0 Å². The summed E-state index contributed by atoms with van der Waals surface area (Å²) < 4.78 is 12.9. The van der Waals surface area contributed by atoms with Crippen molar-refractivity contribution in [2.75, 3.05) is 19.6 Å². The Hall–Kier alpha value is -0.970. The molecule has 100 valence electrons. The number of piperidine rings is 1. The van der Waals surface area contributed by atoms with E-state index in [0.29, 0.717) is 6.54 Å². The standard InChI is InChI=1S/C14H21FN2O/c1-14(18)6-8-17(9-7-14)13(10-16)11-2-4-12(15)5-3-11/h2-5,13,18H,6-10,16H2,1H3. The van der Waals surface area contributed by atoms with Crippen molar-refractivity contribution in [2.45, 2.75) is 31.4 Å². The molecule has 1 atom stereocenters. The number of benzene rings is 1. The summed E-state index contributed by atoms with van der Waals surface area (Å²) in [6.45, 7) is 4.03. The molecule has 0 saturated carbocycles. The van der Waals surface area contributed by atoms with Gasteiger partial charge in [0.25, 0.3) is 0 Å². The molecule has 1 aliphatic rings. The molecule has 3 nitrogen and oxygen atoms in total. The number of hydrogen-bond acceptors (Lipinski definition) is 3. The van der Waals surface area contributed by atoms with Crippen molar-refractivity contribution in [3.05, 3.63) is 35.6 Å². The monoisotopic (exact) mass is 252 g/mol. The zero-order valence-electron chi connectivity index (χ0n) is 10.8. The fourth-order valence-electron chi connectivity index (χ4n) is 2.50. The van der Waals surface area contributed by atoms with Crippen LogP contribution in [0.1, 0.15) is 31.4 Å². The van der Waals surface area contributed by atoms with Gasteiger partial charge in [-0.2, -0.15) is 0 Å². The normalized spacial score (nSPS) is 21.8. The number of hydrogen-bond donors (Lipinski definition) is 2. The maximum Gasteiger partial charge on any atom is 0.123 e. The van der Waals surface area contributed by atoms with Crippen LogP contribution < -0.4 is 5.73 Å². The highest BCUT2D eigenvalue weighted by atomic mass is 19.1. The summed E-state index contributed by atoms with van der Waals surface area (Å²) in [6.07, 6.45) is 1.51. The lowest BCUT2D eigenvalue weighted by molar-refractivity contribution is -0.0160. The van der Waals surface area contributed by atoms with Crippen molar-refractivity contribution >= 4 is 0 Å². The fourth-order valence-corrected chi connectivity index (χ4v) is 2.50. The quantitative estimate of drug-likeness (QED) is 0.860. The summed E-state index contributed by atoms with van der Waals surface area (Å²) in [7, 11) is 0. The van der Waals surface area contributed by atoms with Crippen LogP contribution in [-0.2, 0) is 0 Å². The third kappa shape index (κ3) is 3.07. The Labute approximate surface area is 107 Å². The van der Waals surface area contributed by atoms with Crippen molar-refractivity contribution in [3.63, 3.8) is 0 Å². The Morgan fingerprint density at radius 1 is 1.33 bits per heavy atom. The predicted molar refractivity (Wildman–Crippen MR) is 69.6 cm³/mol. The molecule has 1 aliphatic heterocycles. The zero-order valence-corrected chi connectivity index (χ0v) is 10.8. The summed E-state index contributed by atoms with van der Waals surface area (Å²) in [4.78, 5) is 2.27. The first-order valence-electron chi connectivity index (χ1n) is 6.44. The van der Waals surface area contributed by atoms with Gasteiger partial charge in [-0.25, -0.2) is 4.39 Å². The van der Waals surface area contributed by atoms with E-state index in [0.717, 1.165) is 31.5 Å². The molecule has 0 aromatic heterocycles. The molecule has 1 fully saturated rings. The Kier molecular flexibility index (Phi) is 4.00. The molecule has 1 unspecified atom stereocenters. The van der Waals surface area contributed by atoms with Gasteiger partial charge in [-0.05, 0) is 37.5 Å². The molecule has 4 heteroatoms. The molecular formula is C14H21FN2O. The molecule has 0 spiro atoms. The van der Waals surface area contributed by atoms with Crippen LogP contribution in [0.25, 0.3) is 0 Å². The van der Waals surface area contributed by atoms with E-state index in [1.807, 2.05) is 6.92 Å². The largest absolute Gasteiger partial charge is 0.390 e. The minimum absolute atomic E-state index is 0.113. The molecule has 3 N–H and O–H groups in total. The first kappa shape index (κ1) is 13.5. The van der Waals surface area contributed by atoms with E-state index in [-0.39, 0.29) is 11.9 Å². The second-order valence-corrected chi connectivity index (χ2v) is 5.34. The lowest BCUT2D eigenvalue weighted by Crippen LogP contribution is -2.45. The highest BCUT2D eigenvalue weighted by Gasteiger charge is 2.30. The van der Waals surface area contributed by atoms with E-state index in [4.69, 9.17) is 5.73 Å². The van der Waals surface area contributed by atoms with Gasteiger partial charge in [0, 0.05) is 25.7 Å². The molecule has 0 amide bonds. The van der Waals surface area contributed by atoms with E-state index in [1.54, 1.807) is 12.1 Å². The average Bonchev–Trinajstić information content (AvgIpc) is 2.34. The van der Waals surface area contributed by atoms with Gasteiger partial charge in [0.1, 0.15) is 5.82 Å². The summed E-state index contributed by atoms with van der Waals surface area (Å²) in [5.41, 5.74) is 6.33. The fraction of sp³-hybridized carbons (Fsp3) is 0.571. The van der Waals surface area contributed by atoms with Gasteiger partial charge >= 0.3 is 0 Å². The lowest BCUT2D eigenvalue weighted by atomic mass is 9.92. The molecule has 1 saturated heterocycles.